The molecule has 0 radical (unpaired) electrons. The van der Waals surface area contributed by atoms with Gasteiger partial charge in [0, 0.05) is 9.50 Å². The molecule has 0 atom stereocenters. The van der Waals surface area contributed by atoms with Crippen molar-refractivity contribution in [3.63, 3.8) is 0 Å². The van der Waals surface area contributed by atoms with Gasteiger partial charge < -0.3 is 9.47 Å². The monoisotopic (exact) mass is 555 g/mol. The minimum Gasteiger partial charge on any atom is -0.493 e. The maximum Gasteiger partial charge on any atom is 0.276 e. The quantitative estimate of drug-likeness (QED) is 0.215. The maximum atomic E-state index is 12.7. The van der Waals surface area contributed by atoms with E-state index < -0.39 is 11.8 Å². The van der Waals surface area contributed by atoms with Crippen LogP contribution < -0.4 is 25.6 Å². The van der Waals surface area contributed by atoms with Crippen molar-refractivity contribution in [2.45, 2.75) is 39.5 Å². The molecule has 0 aliphatic rings. The van der Waals surface area contributed by atoms with E-state index in [-0.39, 0.29) is 11.7 Å². The van der Waals surface area contributed by atoms with Gasteiger partial charge in [0.25, 0.3) is 11.8 Å². The predicted molar refractivity (Wildman–Crippen MR) is 137 cm³/mol. The van der Waals surface area contributed by atoms with Crippen LogP contribution in [-0.4, -0.2) is 30.1 Å². The molecule has 2 aromatic rings. The SMILES string of the molecule is CCCCCCOc1ccc(Br)cc1C(=O)NC(=S)NNC(=O)COc1ccc(Cl)c(C)c1. The third-order valence-electron chi connectivity index (χ3n) is 4.48. The Morgan fingerprint density at radius 2 is 1.85 bits per heavy atom. The fourth-order valence-electron chi connectivity index (χ4n) is 2.74. The van der Waals surface area contributed by atoms with E-state index in [1.165, 1.54) is 0 Å². The van der Waals surface area contributed by atoms with Gasteiger partial charge in [0.1, 0.15) is 11.5 Å². The van der Waals surface area contributed by atoms with E-state index in [1.807, 2.05) is 6.92 Å². The number of benzene rings is 2. The summed E-state index contributed by atoms with van der Waals surface area (Å²) in [7, 11) is 0. The molecule has 2 rings (SSSR count). The molecule has 0 heterocycles. The number of carbonyl (C=O) groups excluding carboxylic acids is 2. The minimum atomic E-state index is -0.474. The number of halogens is 2. The summed E-state index contributed by atoms with van der Waals surface area (Å²) in [5.74, 6) is 0.0442. The fraction of sp³-hybridized carbons (Fsp3) is 0.348. The van der Waals surface area contributed by atoms with Crippen molar-refractivity contribution in [1.82, 2.24) is 16.2 Å². The van der Waals surface area contributed by atoms with Crippen LogP contribution in [0.15, 0.2) is 40.9 Å². The molecule has 0 saturated carbocycles. The van der Waals surface area contributed by atoms with Gasteiger partial charge in [0.15, 0.2) is 11.7 Å². The zero-order valence-corrected chi connectivity index (χ0v) is 21.7. The first kappa shape index (κ1) is 26.9. The first-order chi connectivity index (χ1) is 15.8. The molecule has 178 valence electrons. The van der Waals surface area contributed by atoms with Gasteiger partial charge in [-0.1, -0.05) is 53.7 Å². The summed E-state index contributed by atoms with van der Waals surface area (Å²) in [6, 6.07) is 10.3. The zero-order valence-electron chi connectivity index (χ0n) is 18.5. The van der Waals surface area contributed by atoms with Gasteiger partial charge in [-0.05, 0) is 67.5 Å². The van der Waals surface area contributed by atoms with Gasteiger partial charge in [-0.25, -0.2) is 0 Å². The minimum absolute atomic E-state index is 0.0652. The van der Waals surface area contributed by atoms with Crippen molar-refractivity contribution in [2.75, 3.05) is 13.2 Å². The van der Waals surface area contributed by atoms with Crippen LogP contribution in [0.1, 0.15) is 48.5 Å². The molecule has 10 heteroatoms. The Hall–Kier alpha value is -2.36. The van der Waals surface area contributed by atoms with Gasteiger partial charge in [-0.3, -0.25) is 25.8 Å². The Kier molecular flexibility index (Phi) is 11.4. The van der Waals surface area contributed by atoms with E-state index in [0.717, 1.165) is 35.7 Å². The summed E-state index contributed by atoms with van der Waals surface area (Å²) in [5.41, 5.74) is 6.04. The van der Waals surface area contributed by atoms with E-state index in [0.29, 0.717) is 28.7 Å². The summed E-state index contributed by atoms with van der Waals surface area (Å²) in [6.07, 6.45) is 4.27. The number of ether oxygens (including phenoxy) is 2. The number of carbonyl (C=O) groups is 2. The van der Waals surface area contributed by atoms with Crippen LogP contribution in [0.25, 0.3) is 0 Å². The lowest BCUT2D eigenvalue weighted by atomic mass is 10.2. The number of unbranched alkanes of at least 4 members (excludes halogenated alkanes) is 3. The van der Waals surface area contributed by atoms with Crippen molar-refractivity contribution in [2.24, 2.45) is 0 Å². The number of aryl methyl sites for hydroxylation is 1. The van der Waals surface area contributed by atoms with Crippen LogP contribution >= 0.6 is 39.7 Å². The molecule has 0 unspecified atom stereocenters. The fourth-order valence-corrected chi connectivity index (χ4v) is 3.36. The Bertz CT molecular complexity index is 990. The highest BCUT2D eigenvalue weighted by molar-refractivity contribution is 9.10. The number of hydrogen-bond donors (Lipinski definition) is 3. The molecule has 2 amide bonds. The summed E-state index contributed by atoms with van der Waals surface area (Å²) in [6.45, 7) is 4.26. The van der Waals surface area contributed by atoms with E-state index in [9.17, 15) is 9.59 Å². The molecule has 0 aliphatic heterocycles. The van der Waals surface area contributed by atoms with Gasteiger partial charge in [0.05, 0.1) is 12.2 Å². The van der Waals surface area contributed by atoms with E-state index >= 15 is 0 Å². The van der Waals surface area contributed by atoms with E-state index in [4.69, 9.17) is 33.3 Å². The molecular formula is C23H27BrClN3O4S. The lowest BCUT2D eigenvalue weighted by molar-refractivity contribution is -0.123. The molecule has 0 aromatic heterocycles. The molecule has 33 heavy (non-hydrogen) atoms. The topological polar surface area (TPSA) is 88.7 Å². The third kappa shape index (κ3) is 9.57. The van der Waals surface area contributed by atoms with Crippen LogP contribution in [0, 0.1) is 6.92 Å². The van der Waals surface area contributed by atoms with E-state index in [1.54, 1.807) is 36.4 Å². The highest BCUT2D eigenvalue weighted by Crippen LogP contribution is 2.24. The van der Waals surface area contributed by atoms with Crippen LogP contribution in [-0.2, 0) is 4.79 Å². The lowest BCUT2D eigenvalue weighted by Crippen LogP contribution is -2.49. The van der Waals surface area contributed by atoms with Crippen LogP contribution in [0.5, 0.6) is 11.5 Å². The molecule has 7 nitrogen and oxygen atoms in total. The standard InChI is InChI=1S/C23H27BrClN3O4S/c1-3-4-5-6-11-31-20-10-7-16(24)13-18(20)22(30)26-23(33)28-27-21(29)14-32-17-8-9-19(25)15(2)12-17/h7-10,12-13H,3-6,11,14H2,1-2H3,(H,27,29)(H2,26,28,30,33). The van der Waals surface area contributed by atoms with Crippen molar-refractivity contribution in [3.05, 3.63) is 57.0 Å². The average molecular weight is 557 g/mol. The second-order valence-corrected chi connectivity index (χ2v) is 8.94. The Morgan fingerprint density at radius 1 is 1.06 bits per heavy atom. The van der Waals surface area contributed by atoms with Gasteiger partial charge in [0.2, 0.25) is 0 Å². The first-order valence-corrected chi connectivity index (χ1v) is 12.1. The Balaban J connectivity index is 1.82. The highest BCUT2D eigenvalue weighted by Gasteiger charge is 2.15. The van der Waals surface area contributed by atoms with Crippen LogP contribution in [0.3, 0.4) is 0 Å². The molecule has 0 aliphatic carbocycles. The van der Waals surface area contributed by atoms with Crippen LogP contribution in [0.4, 0.5) is 0 Å². The summed E-state index contributed by atoms with van der Waals surface area (Å²) >= 11 is 14.4. The molecular weight excluding hydrogens is 530 g/mol. The second kappa shape index (κ2) is 14.0. The zero-order chi connectivity index (χ0) is 24.2. The van der Waals surface area contributed by atoms with Crippen molar-refractivity contribution < 1.29 is 19.1 Å². The second-order valence-electron chi connectivity index (χ2n) is 7.21. The average Bonchev–Trinajstić information content (AvgIpc) is 2.79. The number of amides is 2. The third-order valence-corrected chi connectivity index (χ3v) is 5.60. The van der Waals surface area contributed by atoms with Crippen LogP contribution in [0.2, 0.25) is 5.02 Å². The molecule has 3 N–H and O–H groups in total. The Labute approximate surface area is 212 Å². The number of nitrogens with one attached hydrogen (secondary N) is 3. The smallest absolute Gasteiger partial charge is 0.276 e. The number of hydrogen-bond acceptors (Lipinski definition) is 5. The van der Waals surface area contributed by atoms with Crippen molar-refractivity contribution in [3.8, 4) is 11.5 Å². The molecule has 2 aromatic carbocycles. The Morgan fingerprint density at radius 3 is 2.58 bits per heavy atom. The number of thiocarbonyl (C=S) groups is 1. The molecule has 0 saturated heterocycles. The molecule has 0 fully saturated rings. The van der Waals surface area contributed by atoms with Gasteiger partial charge >= 0.3 is 0 Å². The van der Waals surface area contributed by atoms with E-state index in [2.05, 4.69) is 39.0 Å². The number of rotatable bonds is 10. The van der Waals surface area contributed by atoms with Crippen molar-refractivity contribution >= 4 is 56.7 Å². The highest BCUT2D eigenvalue weighted by atomic mass is 79.9. The van der Waals surface area contributed by atoms with Gasteiger partial charge in [-0.2, -0.15) is 0 Å². The van der Waals surface area contributed by atoms with Gasteiger partial charge in [-0.15, -0.1) is 0 Å². The van der Waals surface area contributed by atoms with Crippen molar-refractivity contribution in [1.29, 1.82) is 0 Å². The summed E-state index contributed by atoms with van der Waals surface area (Å²) in [4.78, 5) is 24.7. The number of hydrazine groups is 1. The summed E-state index contributed by atoms with van der Waals surface area (Å²) < 4.78 is 11.9. The normalized spacial score (nSPS) is 10.3. The molecule has 0 bridgehead atoms. The maximum absolute atomic E-state index is 12.7. The predicted octanol–water partition coefficient (Wildman–Crippen LogP) is 5.08. The lowest BCUT2D eigenvalue weighted by Gasteiger charge is -2.14. The molecule has 0 spiro atoms. The largest absolute Gasteiger partial charge is 0.493 e. The first-order valence-electron chi connectivity index (χ1n) is 10.5. The summed E-state index contributed by atoms with van der Waals surface area (Å²) in [5, 5.41) is 3.08.